The van der Waals surface area contributed by atoms with Crippen molar-refractivity contribution in [3.8, 4) is 17.0 Å². The second kappa shape index (κ2) is 11.3. The predicted octanol–water partition coefficient (Wildman–Crippen LogP) is 5.70. The van der Waals surface area contributed by atoms with Crippen LogP contribution in [0.2, 0.25) is 0 Å². The van der Waals surface area contributed by atoms with Crippen molar-refractivity contribution in [2.75, 3.05) is 45.2 Å². The van der Waals surface area contributed by atoms with Crippen LogP contribution in [0.3, 0.4) is 0 Å². The van der Waals surface area contributed by atoms with Crippen molar-refractivity contribution in [1.82, 2.24) is 19.8 Å². The van der Waals surface area contributed by atoms with Gasteiger partial charge in [-0.3, -0.25) is 0 Å². The zero-order valence-electron chi connectivity index (χ0n) is 21.4. The Bertz CT molecular complexity index is 1340. The van der Waals surface area contributed by atoms with E-state index in [9.17, 15) is 35.5 Å². The number of aromatic nitrogens is 2. The number of piperazine rings is 1. The van der Waals surface area contributed by atoms with Crippen LogP contribution in [0.1, 0.15) is 16.7 Å². The van der Waals surface area contributed by atoms with Crippen molar-refractivity contribution in [2.45, 2.75) is 18.9 Å². The summed E-state index contributed by atoms with van der Waals surface area (Å²) in [4.78, 5) is 26.3. The molecule has 0 bridgehead atoms. The van der Waals surface area contributed by atoms with Crippen LogP contribution < -0.4 is 9.64 Å². The molecular formula is C26H24F7N5O2. The fourth-order valence-corrected chi connectivity index (χ4v) is 4.06. The predicted molar refractivity (Wildman–Crippen MR) is 131 cm³/mol. The molecule has 0 saturated carbocycles. The van der Waals surface area contributed by atoms with Gasteiger partial charge < -0.3 is 19.4 Å². The number of amides is 1. The van der Waals surface area contributed by atoms with Crippen molar-refractivity contribution >= 4 is 12.0 Å². The van der Waals surface area contributed by atoms with Crippen LogP contribution in [0.25, 0.3) is 11.3 Å². The molecule has 2 heterocycles. The molecular weight excluding hydrogens is 547 g/mol. The number of rotatable bonds is 5. The molecule has 0 N–H and O–H groups in total. The molecule has 4 rings (SSSR count). The lowest BCUT2D eigenvalue weighted by atomic mass is 10.0. The van der Waals surface area contributed by atoms with Gasteiger partial charge in [0.1, 0.15) is 11.5 Å². The lowest BCUT2D eigenvalue weighted by Crippen LogP contribution is -2.45. The van der Waals surface area contributed by atoms with Gasteiger partial charge in [-0.15, -0.1) is 0 Å². The van der Waals surface area contributed by atoms with Gasteiger partial charge >= 0.3 is 18.4 Å². The maximum atomic E-state index is 14.7. The molecule has 1 amide bonds. The molecule has 1 aliphatic rings. The number of hydrogen-bond acceptors (Lipinski definition) is 6. The van der Waals surface area contributed by atoms with E-state index in [0.29, 0.717) is 25.2 Å². The number of nitrogens with zero attached hydrogens (tertiary/aromatic N) is 5. The number of ether oxygens (including phenoxy) is 1. The molecule has 7 nitrogen and oxygen atoms in total. The first-order valence-electron chi connectivity index (χ1n) is 12.0. The summed E-state index contributed by atoms with van der Waals surface area (Å²) in [5.41, 5.74) is -3.46. The molecule has 1 aliphatic heterocycles. The molecule has 40 heavy (non-hydrogen) atoms. The quantitative estimate of drug-likeness (QED) is 0.366. The second-order valence-electron chi connectivity index (χ2n) is 9.29. The van der Waals surface area contributed by atoms with Crippen molar-refractivity contribution in [2.24, 2.45) is 0 Å². The monoisotopic (exact) mass is 571 g/mol. The molecule has 0 unspecified atom stereocenters. The smallest absolute Gasteiger partial charge is 0.406 e. The number of benzene rings is 2. The van der Waals surface area contributed by atoms with Gasteiger partial charge in [-0.25, -0.2) is 19.2 Å². The largest absolute Gasteiger partial charge is 0.416 e. The molecule has 0 aliphatic carbocycles. The molecule has 0 atom stereocenters. The average molecular weight is 571 g/mol. The number of carbonyl (C=O) groups is 1. The van der Waals surface area contributed by atoms with Crippen LogP contribution in [-0.2, 0) is 18.9 Å². The zero-order chi connectivity index (χ0) is 29.2. The molecule has 3 aromatic rings. The Balaban J connectivity index is 1.61. The molecule has 1 aromatic heterocycles. The first-order valence-corrected chi connectivity index (χ1v) is 12.0. The highest BCUT2D eigenvalue weighted by atomic mass is 19.4. The number of likely N-dealkylation sites (N-methyl/N-ethyl adjacent to an activating group) is 1. The van der Waals surface area contributed by atoms with E-state index in [-0.39, 0.29) is 29.0 Å². The van der Waals surface area contributed by atoms with Crippen LogP contribution in [0.15, 0.2) is 48.7 Å². The standard InChI is InChI=1S/C26H24F7N5O2/c1-36-7-9-38(10-8-36)23-34-14-21(22(35-23)19-5-3-4-6-20(19)27)40-24(39)37(2)15-16-11-17(25(28,29)30)13-18(12-16)26(31,32)33/h3-6,11-14H,7-10,15H2,1-2H3. The van der Waals surface area contributed by atoms with Crippen molar-refractivity contribution in [1.29, 1.82) is 0 Å². The van der Waals surface area contributed by atoms with E-state index in [1.54, 1.807) is 6.07 Å². The minimum atomic E-state index is -5.04. The highest BCUT2D eigenvalue weighted by Gasteiger charge is 2.37. The van der Waals surface area contributed by atoms with E-state index >= 15 is 0 Å². The highest BCUT2D eigenvalue weighted by Crippen LogP contribution is 2.37. The number of anilines is 1. The number of hydrogen-bond donors (Lipinski definition) is 0. The Labute approximate surface area is 224 Å². The molecule has 1 saturated heterocycles. The van der Waals surface area contributed by atoms with E-state index in [1.165, 1.54) is 24.4 Å². The zero-order valence-corrected chi connectivity index (χ0v) is 21.4. The van der Waals surface area contributed by atoms with Gasteiger partial charge in [-0.05, 0) is 42.9 Å². The van der Waals surface area contributed by atoms with E-state index in [1.807, 2.05) is 11.9 Å². The van der Waals surface area contributed by atoms with Gasteiger partial charge in [0.2, 0.25) is 5.95 Å². The third kappa shape index (κ3) is 6.79. The maximum Gasteiger partial charge on any atom is 0.416 e. The van der Waals surface area contributed by atoms with Crippen LogP contribution in [0, 0.1) is 5.82 Å². The van der Waals surface area contributed by atoms with E-state index in [4.69, 9.17) is 4.74 Å². The fraction of sp³-hybridized carbons (Fsp3) is 0.346. The SMILES string of the molecule is CN1CCN(c2ncc(OC(=O)N(C)Cc3cc(C(F)(F)F)cc(C(F)(F)F)c3)c(-c3ccccc3F)n2)CC1. The third-order valence-electron chi connectivity index (χ3n) is 6.23. The summed E-state index contributed by atoms with van der Waals surface area (Å²) < 4.78 is 99.4. The van der Waals surface area contributed by atoms with Crippen molar-refractivity contribution in [3.63, 3.8) is 0 Å². The summed E-state index contributed by atoms with van der Waals surface area (Å²) >= 11 is 0. The normalized spacial score (nSPS) is 14.8. The lowest BCUT2D eigenvalue weighted by molar-refractivity contribution is -0.143. The summed E-state index contributed by atoms with van der Waals surface area (Å²) in [6, 6.07) is 6.69. The van der Waals surface area contributed by atoms with Crippen LogP contribution >= 0.6 is 0 Å². The van der Waals surface area contributed by atoms with Gasteiger partial charge in [0.25, 0.3) is 0 Å². The Hall–Kier alpha value is -3.94. The summed E-state index contributed by atoms with van der Waals surface area (Å²) in [5, 5.41) is 0. The lowest BCUT2D eigenvalue weighted by Gasteiger charge is -2.32. The Kier molecular flexibility index (Phi) is 8.19. The average Bonchev–Trinajstić information content (AvgIpc) is 2.88. The first kappa shape index (κ1) is 29.1. The van der Waals surface area contributed by atoms with E-state index < -0.39 is 47.5 Å². The highest BCUT2D eigenvalue weighted by molar-refractivity contribution is 5.75. The summed E-state index contributed by atoms with van der Waals surface area (Å²) in [6.45, 7) is 2.05. The third-order valence-corrected chi connectivity index (χ3v) is 6.23. The molecule has 1 fully saturated rings. The van der Waals surface area contributed by atoms with Gasteiger partial charge in [-0.2, -0.15) is 26.3 Å². The molecule has 2 aromatic carbocycles. The Morgan fingerprint density at radius 1 is 0.975 bits per heavy atom. The van der Waals surface area contributed by atoms with Crippen LogP contribution in [-0.4, -0.2) is 66.1 Å². The Morgan fingerprint density at radius 2 is 1.57 bits per heavy atom. The number of halogens is 7. The van der Waals surface area contributed by atoms with Gasteiger partial charge in [0.15, 0.2) is 5.75 Å². The summed E-state index contributed by atoms with van der Waals surface area (Å²) in [5.74, 6) is -0.608. The van der Waals surface area contributed by atoms with Crippen molar-refractivity contribution < 1.29 is 40.3 Å². The molecule has 0 spiro atoms. The molecule has 0 radical (unpaired) electrons. The first-order chi connectivity index (χ1) is 18.7. The molecule has 14 heteroatoms. The Morgan fingerprint density at radius 3 is 2.15 bits per heavy atom. The minimum Gasteiger partial charge on any atom is -0.406 e. The van der Waals surface area contributed by atoms with E-state index in [0.717, 1.165) is 25.0 Å². The minimum absolute atomic E-state index is 0.00175. The number of carbonyl (C=O) groups excluding carboxylic acids is 1. The molecule has 214 valence electrons. The fourth-order valence-electron chi connectivity index (χ4n) is 4.06. The second-order valence-corrected chi connectivity index (χ2v) is 9.29. The van der Waals surface area contributed by atoms with E-state index in [2.05, 4.69) is 14.9 Å². The number of alkyl halides is 6. The van der Waals surface area contributed by atoms with Crippen molar-refractivity contribution in [3.05, 3.63) is 71.2 Å². The maximum absolute atomic E-state index is 14.7. The van der Waals surface area contributed by atoms with Crippen LogP contribution in [0.5, 0.6) is 5.75 Å². The topological polar surface area (TPSA) is 61.8 Å². The summed E-state index contributed by atoms with van der Waals surface area (Å²) in [6.07, 6.45) is -10.0. The van der Waals surface area contributed by atoms with Crippen LogP contribution in [0.4, 0.5) is 41.5 Å². The summed E-state index contributed by atoms with van der Waals surface area (Å²) in [7, 11) is 3.10. The van der Waals surface area contributed by atoms with Gasteiger partial charge in [-0.1, -0.05) is 12.1 Å². The van der Waals surface area contributed by atoms with Gasteiger partial charge in [0, 0.05) is 45.3 Å². The van der Waals surface area contributed by atoms with Gasteiger partial charge in [0.05, 0.1) is 17.3 Å².